The van der Waals surface area contributed by atoms with E-state index < -0.39 is 6.04 Å². The fraction of sp³-hybridized carbons (Fsp3) is 0.375. The lowest BCUT2D eigenvalue weighted by Gasteiger charge is -2.40. The number of carbonyl (C=O) groups excluding carboxylic acids is 1. The van der Waals surface area contributed by atoms with Gasteiger partial charge in [0.2, 0.25) is 5.91 Å². The van der Waals surface area contributed by atoms with E-state index in [2.05, 4.69) is 5.10 Å². The maximum Gasteiger partial charge on any atom is 0.275 e. The van der Waals surface area contributed by atoms with E-state index in [0.29, 0.717) is 11.3 Å². The van der Waals surface area contributed by atoms with Gasteiger partial charge in [-0.25, -0.2) is 9.07 Å². The monoisotopic (exact) mass is 405 g/mol. The van der Waals surface area contributed by atoms with E-state index in [4.69, 9.17) is 0 Å². The summed E-state index contributed by atoms with van der Waals surface area (Å²) in [6, 6.07) is 13.7. The first-order chi connectivity index (χ1) is 14.5. The Balaban J connectivity index is 1.39. The number of rotatable bonds is 3. The molecule has 2 aromatic carbocycles. The number of carbonyl (C=O) groups is 1. The Bertz CT molecular complexity index is 1140. The number of benzene rings is 2. The Morgan fingerprint density at radius 2 is 1.73 bits per heavy atom. The van der Waals surface area contributed by atoms with Crippen LogP contribution in [0.4, 0.5) is 4.39 Å². The Morgan fingerprint density at radius 3 is 2.43 bits per heavy atom. The van der Waals surface area contributed by atoms with E-state index in [1.54, 1.807) is 19.2 Å². The van der Waals surface area contributed by atoms with Crippen molar-refractivity contribution in [1.29, 1.82) is 0 Å². The third-order valence-electron chi connectivity index (χ3n) is 6.77. The second-order valence-corrected chi connectivity index (χ2v) is 8.51. The van der Waals surface area contributed by atoms with E-state index >= 15 is 0 Å². The van der Waals surface area contributed by atoms with E-state index in [1.807, 2.05) is 35.2 Å². The van der Waals surface area contributed by atoms with Crippen molar-refractivity contribution in [1.82, 2.24) is 14.7 Å². The van der Waals surface area contributed by atoms with E-state index in [9.17, 15) is 14.0 Å². The molecule has 5 nitrogen and oxygen atoms in total. The number of hydrogen-bond acceptors (Lipinski definition) is 3. The Kier molecular flexibility index (Phi) is 4.65. The predicted molar refractivity (Wildman–Crippen MR) is 113 cm³/mol. The average molecular weight is 405 g/mol. The number of aromatic nitrogens is 2. The minimum atomic E-state index is -0.646. The molecule has 0 unspecified atom stereocenters. The minimum Gasteiger partial charge on any atom is -0.335 e. The molecule has 1 amide bonds. The molecule has 2 fully saturated rings. The summed E-state index contributed by atoms with van der Waals surface area (Å²) in [5.41, 5.74) is 0.906. The van der Waals surface area contributed by atoms with Crippen LogP contribution in [0.15, 0.2) is 59.5 Å². The summed E-state index contributed by atoms with van der Waals surface area (Å²) >= 11 is 0. The average Bonchev–Trinajstić information content (AvgIpc) is 3.03. The fourth-order valence-electron chi connectivity index (χ4n) is 5.24. The van der Waals surface area contributed by atoms with Crippen LogP contribution >= 0.6 is 0 Å². The van der Waals surface area contributed by atoms with Gasteiger partial charge in [0.05, 0.1) is 11.6 Å². The highest BCUT2D eigenvalue weighted by molar-refractivity contribution is 5.83. The third-order valence-corrected chi connectivity index (χ3v) is 6.77. The van der Waals surface area contributed by atoms with Gasteiger partial charge in [-0.05, 0) is 62.3 Å². The zero-order valence-electron chi connectivity index (χ0n) is 16.9. The molecule has 2 aliphatic heterocycles. The molecule has 3 heterocycles. The van der Waals surface area contributed by atoms with Crippen molar-refractivity contribution in [2.75, 3.05) is 0 Å². The molecular weight excluding hydrogens is 381 g/mol. The lowest BCUT2D eigenvalue weighted by atomic mass is 9.85. The van der Waals surface area contributed by atoms with Crippen LogP contribution in [0.5, 0.6) is 0 Å². The predicted octanol–water partition coefficient (Wildman–Crippen LogP) is 4.03. The number of hydrogen-bond donors (Lipinski definition) is 0. The molecule has 30 heavy (non-hydrogen) atoms. The van der Waals surface area contributed by atoms with Crippen LogP contribution in [0.2, 0.25) is 0 Å². The van der Waals surface area contributed by atoms with Gasteiger partial charge in [-0.2, -0.15) is 5.10 Å². The first-order valence-electron chi connectivity index (χ1n) is 10.6. The van der Waals surface area contributed by atoms with Crippen LogP contribution in [0, 0.1) is 5.82 Å². The van der Waals surface area contributed by atoms with Gasteiger partial charge < -0.3 is 4.90 Å². The maximum atomic E-state index is 13.4. The van der Waals surface area contributed by atoms with Gasteiger partial charge in [-0.3, -0.25) is 9.59 Å². The molecule has 6 heteroatoms. The van der Waals surface area contributed by atoms with E-state index in [1.165, 1.54) is 16.8 Å². The summed E-state index contributed by atoms with van der Waals surface area (Å²) in [4.78, 5) is 28.3. The maximum absolute atomic E-state index is 13.4. The molecule has 5 rings (SSSR count). The van der Waals surface area contributed by atoms with Gasteiger partial charge in [0.15, 0.2) is 0 Å². The molecule has 2 bridgehead atoms. The zero-order valence-corrected chi connectivity index (χ0v) is 16.9. The molecule has 0 aliphatic carbocycles. The van der Waals surface area contributed by atoms with Gasteiger partial charge in [-0.1, -0.05) is 30.3 Å². The van der Waals surface area contributed by atoms with Crippen LogP contribution in [0.25, 0.3) is 10.8 Å². The molecular formula is C24H24FN3O2. The van der Waals surface area contributed by atoms with Crippen LogP contribution in [-0.4, -0.2) is 32.7 Å². The first-order valence-corrected chi connectivity index (χ1v) is 10.6. The van der Waals surface area contributed by atoms with Crippen molar-refractivity contribution in [3.63, 3.8) is 0 Å². The summed E-state index contributed by atoms with van der Waals surface area (Å²) in [6.45, 7) is 1.76. The molecule has 0 radical (unpaired) electrons. The highest BCUT2D eigenvalue weighted by atomic mass is 19.1. The summed E-state index contributed by atoms with van der Waals surface area (Å²) in [6.07, 6.45) is 5.35. The van der Waals surface area contributed by atoms with Gasteiger partial charge >= 0.3 is 0 Å². The Hall–Kier alpha value is -3.02. The molecule has 0 N–H and O–H groups in total. The van der Waals surface area contributed by atoms with E-state index in [0.717, 1.165) is 36.6 Å². The van der Waals surface area contributed by atoms with Crippen LogP contribution in [0.1, 0.15) is 50.1 Å². The zero-order chi connectivity index (χ0) is 20.8. The highest BCUT2D eigenvalue weighted by Crippen LogP contribution is 2.43. The second-order valence-electron chi connectivity index (χ2n) is 8.51. The third kappa shape index (κ3) is 3.11. The molecule has 3 aromatic rings. The van der Waals surface area contributed by atoms with Gasteiger partial charge in [0.1, 0.15) is 11.9 Å². The van der Waals surface area contributed by atoms with Crippen molar-refractivity contribution >= 4 is 16.7 Å². The quantitative estimate of drug-likeness (QED) is 0.661. The molecule has 0 spiro atoms. The van der Waals surface area contributed by atoms with E-state index in [-0.39, 0.29) is 29.4 Å². The standard InChI is InChI=1S/C24H24FN3O2/c1-15(28-24(30)22-5-3-2-4-17(22)14-26-28)23(29)27-20-10-11-21(27)13-18(12-20)16-6-8-19(25)9-7-16/h2-9,14-15,18,20-21H,10-13H2,1H3/t15-,20-,21-/m0/s1. The fourth-order valence-corrected chi connectivity index (χ4v) is 5.24. The molecule has 0 saturated carbocycles. The van der Waals surface area contributed by atoms with Gasteiger partial charge in [-0.15, -0.1) is 0 Å². The summed E-state index contributed by atoms with van der Waals surface area (Å²) in [7, 11) is 0. The van der Waals surface area contributed by atoms with Crippen LogP contribution in [0.3, 0.4) is 0 Å². The Labute approximate surface area is 174 Å². The number of piperidine rings is 1. The topological polar surface area (TPSA) is 55.2 Å². The molecule has 3 atom stereocenters. The summed E-state index contributed by atoms with van der Waals surface area (Å²) < 4.78 is 14.6. The Morgan fingerprint density at radius 1 is 1.07 bits per heavy atom. The lowest BCUT2D eigenvalue weighted by molar-refractivity contribution is -0.139. The molecule has 2 saturated heterocycles. The van der Waals surface area contributed by atoms with Crippen LogP contribution < -0.4 is 5.56 Å². The minimum absolute atomic E-state index is 0.0371. The van der Waals surface area contributed by atoms with Crippen molar-refractivity contribution in [3.05, 3.63) is 76.5 Å². The van der Waals surface area contributed by atoms with Crippen LogP contribution in [-0.2, 0) is 4.79 Å². The summed E-state index contributed by atoms with van der Waals surface area (Å²) in [5.74, 6) is 0.0744. The molecule has 2 aliphatic rings. The molecule has 154 valence electrons. The normalized spacial score (nSPS) is 24.2. The number of amides is 1. The summed E-state index contributed by atoms with van der Waals surface area (Å²) in [5, 5.41) is 5.64. The lowest BCUT2D eigenvalue weighted by Crippen LogP contribution is -2.49. The second kappa shape index (κ2) is 7.35. The largest absolute Gasteiger partial charge is 0.335 e. The highest BCUT2D eigenvalue weighted by Gasteiger charge is 2.45. The first kappa shape index (κ1) is 19.0. The van der Waals surface area contributed by atoms with Crippen molar-refractivity contribution in [3.8, 4) is 0 Å². The van der Waals surface area contributed by atoms with Crippen molar-refractivity contribution < 1.29 is 9.18 Å². The smallest absolute Gasteiger partial charge is 0.275 e. The number of fused-ring (bicyclic) bond motifs is 3. The van der Waals surface area contributed by atoms with Gasteiger partial charge in [0.25, 0.3) is 5.56 Å². The van der Waals surface area contributed by atoms with Gasteiger partial charge in [0, 0.05) is 17.5 Å². The number of nitrogens with zero attached hydrogens (tertiary/aromatic N) is 3. The number of halogens is 1. The van der Waals surface area contributed by atoms with Crippen molar-refractivity contribution in [2.24, 2.45) is 0 Å². The van der Waals surface area contributed by atoms with Crippen molar-refractivity contribution in [2.45, 2.75) is 56.7 Å². The SMILES string of the molecule is C[C@@H](C(=O)N1[C@H]2CC[C@H]1CC(c1ccc(F)cc1)C2)n1ncc2ccccc2c1=O. The molecule has 1 aromatic heterocycles.